The fourth-order valence-corrected chi connectivity index (χ4v) is 1.63. The molecule has 1 heteroatoms. The monoisotopic (exact) mass is 145 g/mol. The Hall–Kier alpha value is -1.11. The Kier molecular flexibility index (Phi) is 1.50. The lowest BCUT2D eigenvalue weighted by atomic mass is 10.1. The lowest BCUT2D eigenvalue weighted by Gasteiger charge is -1.96. The van der Waals surface area contributed by atoms with Gasteiger partial charge >= 0.3 is 0 Å². The van der Waals surface area contributed by atoms with E-state index in [0.29, 0.717) is 0 Å². The van der Waals surface area contributed by atoms with Crippen LogP contribution in [0.15, 0.2) is 24.5 Å². The molecule has 0 radical (unpaired) electrons. The molecular weight excluding hydrogens is 134 g/mol. The third kappa shape index (κ3) is 0.967. The largest absolute Gasteiger partial charge is 0.264 e. The van der Waals surface area contributed by atoms with Gasteiger partial charge in [0.25, 0.3) is 0 Å². The molecule has 2 rings (SSSR count). The summed E-state index contributed by atoms with van der Waals surface area (Å²) >= 11 is 0. The summed E-state index contributed by atoms with van der Waals surface area (Å²) in [6, 6.07) is 2.12. The van der Waals surface area contributed by atoms with E-state index in [1.54, 1.807) is 0 Å². The van der Waals surface area contributed by atoms with Crippen molar-refractivity contribution in [2.45, 2.75) is 19.8 Å². The molecule has 1 aromatic rings. The summed E-state index contributed by atoms with van der Waals surface area (Å²) in [5, 5.41) is 0. The first-order chi connectivity index (χ1) is 5.42. The van der Waals surface area contributed by atoms with Crippen LogP contribution in [0, 0.1) is 0 Å². The molecule has 0 N–H and O–H groups in total. The molecule has 0 saturated carbocycles. The van der Waals surface area contributed by atoms with Crippen molar-refractivity contribution in [2.75, 3.05) is 0 Å². The van der Waals surface area contributed by atoms with E-state index in [1.807, 2.05) is 12.4 Å². The fourth-order valence-electron chi connectivity index (χ4n) is 1.63. The van der Waals surface area contributed by atoms with E-state index in [2.05, 4.69) is 24.1 Å². The van der Waals surface area contributed by atoms with Crippen molar-refractivity contribution < 1.29 is 0 Å². The summed E-state index contributed by atoms with van der Waals surface area (Å²) in [7, 11) is 0. The number of allylic oxidation sites excluding steroid dienone is 2. The molecule has 0 fully saturated rings. The van der Waals surface area contributed by atoms with Crippen molar-refractivity contribution in [1.29, 1.82) is 0 Å². The highest BCUT2D eigenvalue weighted by Crippen LogP contribution is 2.30. The van der Waals surface area contributed by atoms with Gasteiger partial charge in [0.15, 0.2) is 0 Å². The molecule has 0 bridgehead atoms. The Bertz CT molecular complexity index is 299. The molecule has 0 saturated heterocycles. The second-order valence-corrected chi connectivity index (χ2v) is 2.85. The topological polar surface area (TPSA) is 12.9 Å². The number of pyridine rings is 1. The van der Waals surface area contributed by atoms with Crippen LogP contribution in [0.4, 0.5) is 0 Å². The number of fused-ring (bicyclic) bond motifs is 1. The Morgan fingerprint density at radius 3 is 3.18 bits per heavy atom. The van der Waals surface area contributed by atoms with Crippen LogP contribution >= 0.6 is 0 Å². The van der Waals surface area contributed by atoms with Crippen LogP contribution in [-0.4, -0.2) is 4.98 Å². The van der Waals surface area contributed by atoms with Gasteiger partial charge in [-0.3, -0.25) is 4.98 Å². The summed E-state index contributed by atoms with van der Waals surface area (Å²) in [5.74, 6) is 0. The van der Waals surface area contributed by atoms with Crippen molar-refractivity contribution >= 4 is 5.57 Å². The molecule has 1 aromatic heterocycles. The molecule has 0 aromatic carbocycles. The third-order valence-corrected chi connectivity index (χ3v) is 2.27. The molecule has 1 heterocycles. The second kappa shape index (κ2) is 2.50. The van der Waals surface area contributed by atoms with Gasteiger partial charge in [0.05, 0.1) is 0 Å². The summed E-state index contributed by atoms with van der Waals surface area (Å²) in [6.07, 6.45) is 8.41. The van der Waals surface area contributed by atoms with Gasteiger partial charge in [0, 0.05) is 12.4 Å². The number of hydrogen-bond donors (Lipinski definition) is 0. The Labute approximate surface area is 66.8 Å². The number of rotatable bonds is 0. The van der Waals surface area contributed by atoms with Gasteiger partial charge in [-0.25, -0.2) is 0 Å². The number of nitrogens with zero attached hydrogens (tertiary/aromatic N) is 1. The quantitative estimate of drug-likeness (QED) is 0.546. The highest BCUT2D eigenvalue weighted by molar-refractivity contribution is 5.71. The van der Waals surface area contributed by atoms with E-state index in [1.165, 1.54) is 29.5 Å². The molecule has 1 nitrogen and oxygen atoms in total. The van der Waals surface area contributed by atoms with Crippen molar-refractivity contribution in [3.63, 3.8) is 0 Å². The maximum atomic E-state index is 4.11. The SMILES string of the molecule is C/C=C1\CCc2ccncc21. The number of aryl methyl sites for hydroxylation is 1. The normalized spacial score (nSPS) is 18.8. The first-order valence-corrected chi connectivity index (χ1v) is 4.00. The predicted molar refractivity (Wildman–Crippen MR) is 46.2 cm³/mol. The van der Waals surface area contributed by atoms with Crippen LogP contribution in [0.3, 0.4) is 0 Å². The lowest BCUT2D eigenvalue weighted by molar-refractivity contribution is 1.08. The predicted octanol–water partition coefficient (Wildman–Crippen LogP) is 2.43. The van der Waals surface area contributed by atoms with Gasteiger partial charge in [-0.1, -0.05) is 6.08 Å². The van der Waals surface area contributed by atoms with Gasteiger partial charge in [0.2, 0.25) is 0 Å². The van der Waals surface area contributed by atoms with E-state index in [-0.39, 0.29) is 0 Å². The summed E-state index contributed by atoms with van der Waals surface area (Å²) in [4.78, 5) is 4.11. The van der Waals surface area contributed by atoms with Crippen LogP contribution in [0.5, 0.6) is 0 Å². The highest BCUT2D eigenvalue weighted by Gasteiger charge is 2.13. The van der Waals surface area contributed by atoms with Crippen molar-refractivity contribution in [2.24, 2.45) is 0 Å². The minimum atomic E-state index is 1.19. The zero-order chi connectivity index (χ0) is 7.68. The van der Waals surface area contributed by atoms with Gasteiger partial charge in [0.1, 0.15) is 0 Å². The Morgan fingerprint density at radius 2 is 2.36 bits per heavy atom. The minimum Gasteiger partial charge on any atom is -0.264 e. The van der Waals surface area contributed by atoms with E-state index < -0.39 is 0 Å². The molecule has 56 valence electrons. The van der Waals surface area contributed by atoms with E-state index in [4.69, 9.17) is 0 Å². The maximum absolute atomic E-state index is 4.11. The van der Waals surface area contributed by atoms with Gasteiger partial charge < -0.3 is 0 Å². The molecule has 0 atom stereocenters. The molecule has 0 unspecified atom stereocenters. The van der Waals surface area contributed by atoms with Gasteiger partial charge in [-0.05, 0) is 42.5 Å². The Morgan fingerprint density at radius 1 is 1.45 bits per heavy atom. The maximum Gasteiger partial charge on any atom is 0.0345 e. The standard InChI is InChI=1S/C10H11N/c1-2-8-3-4-9-5-6-11-7-10(8)9/h2,5-7H,3-4H2,1H3/b8-2+. The van der Waals surface area contributed by atoms with Crippen molar-refractivity contribution in [3.05, 3.63) is 35.7 Å². The average molecular weight is 145 g/mol. The molecule has 0 amide bonds. The Balaban J connectivity index is 2.55. The summed E-state index contributed by atoms with van der Waals surface area (Å²) in [6.45, 7) is 2.09. The molecular formula is C10H11N. The summed E-state index contributed by atoms with van der Waals surface area (Å²) < 4.78 is 0. The van der Waals surface area contributed by atoms with Crippen LogP contribution in [-0.2, 0) is 6.42 Å². The van der Waals surface area contributed by atoms with E-state index >= 15 is 0 Å². The molecule has 0 spiro atoms. The second-order valence-electron chi connectivity index (χ2n) is 2.85. The highest BCUT2D eigenvalue weighted by atomic mass is 14.6. The number of hydrogen-bond acceptors (Lipinski definition) is 1. The lowest BCUT2D eigenvalue weighted by Crippen LogP contribution is -1.81. The van der Waals surface area contributed by atoms with Gasteiger partial charge in [-0.2, -0.15) is 0 Å². The van der Waals surface area contributed by atoms with Crippen LogP contribution in [0.25, 0.3) is 5.57 Å². The molecule has 11 heavy (non-hydrogen) atoms. The van der Waals surface area contributed by atoms with Crippen molar-refractivity contribution in [3.8, 4) is 0 Å². The summed E-state index contributed by atoms with van der Waals surface area (Å²) in [5.41, 5.74) is 4.26. The smallest absolute Gasteiger partial charge is 0.0345 e. The van der Waals surface area contributed by atoms with E-state index in [9.17, 15) is 0 Å². The zero-order valence-electron chi connectivity index (χ0n) is 6.67. The fraction of sp³-hybridized carbons (Fsp3) is 0.300. The average Bonchev–Trinajstić information content (AvgIpc) is 2.47. The van der Waals surface area contributed by atoms with Crippen molar-refractivity contribution in [1.82, 2.24) is 4.98 Å². The molecule has 1 aliphatic rings. The molecule has 0 aliphatic heterocycles. The van der Waals surface area contributed by atoms with Gasteiger partial charge in [-0.15, -0.1) is 0 Å². The minimum absolute atomic E-state index is 1.19. The van der Waals surface area contributed by atoms with Crippen LogP contribution in [0.2, 0.25) is 0 Å². The number of aromatic nitrogens is 1. The zero-order valence-corrected chi connectivity index (χ0v) is 6.67. The first kappa shape index (κ1) is 6.59. The van der Waals surface area contributed by atoms with Crippen LogP contribution < -0.4 is 0 Å². The third-order valence-electron chi connectivity index (χ3n) is 2.27. The van der Waals surface area contributed by atoms with E-state index in [0.717, 1.165) is 0 Å². The first-order valence-electron chi connectivity index (χ1n) is 4.00. The van der Waals surface area contributed by atoms with Crippen LogP contribution in [0.1, 0.15) is 24.5 Å². The molecule has 1 aliphatic carbocycles.